The molecule has 15 heavy (non-hydrogen) atoms. The molecular weight excluding hydrogens is 192 g/mol. The summed E-state index contributed by atoms with van der Waals surface area (Å²) >= 11 is 0. The number of nitrogens with one attached hydrogen (secondary N) is 2. The molecule has 2 N–H and O–H groups in total. The first kappa shape index (κ1) is 11.7. The van der Waals surface area contributed by atoms with E-state index in [1.54, 1.807) is 7.11 Å². The lowest BCUT2D eigenvalue weighted by molar-refractivity contribution is 0.198. The predicted octanol–water partition coefficient (Wildman–Crippen LogP) is 1.28. The van der Waals surface area contributed by atoms with Gasteiger partial charge in [-0.3, -0.25) is 0 Å². The first-order valence-corrected chi connectivity index (χ1v) is 5.02. The number of hydrogen-bond donors (Lipinski definition) is 2. The zero-order chi connectivity index (χ0) is 11.1. The van der Waals surface area contributed by atoms with Crippen molar-refractivity contribution in [2.45, 2.75) is 13.3 Å². The summed E-state index contributed by atoms with van der Waals surface area (Å²) in [6.45, 7) is 3.56. The molecule has 1 aromatic rings. The summed E-state index contributed by atoms with van der Waals surface area (Å²) in [5.74, 6) is 1.49. The van der Waals surface area contributed by atoms with Gasteiger partial charge in [-0.1, -0.05) is 0 Å². The monoisotopic (exact) mass is 210 g/mol. The summed E-state index contributed by atoms with van der Waals surface area (Å²) in [6, 6.07) is 1.92. The standard InChI is InChI=1S/C10H18N4O/c1-8-7-9(12-5-4-6-15-3)14-10(11-2)13-8/h7H,4-6H2,1-3H3,(H2,11,12,13,14). The highest BCUT2D eigenvalue weighted by Gasteiger charge is 1.99. The fourth-order valence-corrected chi connectivity index (χ4v) is 1.20. The van der Waals surface area contributed by atoms with Crippen LogP contribution in [0.15, 0.2) is 6.07 Å². The van der Waals surface area contributed by atoms with Crippen LogP contribution in [-0.4, -0.2) is 37.3 Å². The summed E-state index contributed by atoms with van der Waals surface area (Å²) < 4.78 is 4.96. The molecule has 0 radical (unpaired) electrons. The Labute approximate surface area is 90.3 Å². The number of aryl methyl sites for hydroxylation is 1. The van der Waals surface area contributed by atoms with Crippen LogP contribution in [0.25, 0.3) is 0 Å². The van der Waals surface area contributed by atoms with Gasteiger partial charge in [-0.25, -0.2) is 4.98 Å². The van der Waals surface area contributed by atoms with Crippen LogP contribution in [0, 0.1) is 6.92 Å². The second-order valence-electron chi connectivity index (χ2n) is 3.24. The Hall–Kier alpha value is -1.36. The summed E-state index contributed by atoms with van der Waals surface area (Å²) in [6.07, 6.45) is 0.967. The van der Waals surface area contributed by atoms with Gasteiger partial charge in [0.15, 0.2) is 0 Å². The van der Waals surface area contributed by atoms with Crippen molar-refractivity contribution in [3.63, 3.8) is 0 Å². The number of aromatic nitrogens is 2. The van der Waals surface area contributed by atoms with Crippen LogP contribution in [0.2, 0.25) is 0 Å². The molecule has 0 saturated carbocycles. The largest absolute Gasteiger partial charge is 0.385 e. The maximum atomic E-state index is 4.96. The third-order valence-electron chi connectivity index (χ3n) is 1.91. The lowest BCUT2D eigenvalue weighted by Gasteiger charge is -2.07. The zero-order valence-corrected chi connectivity index (χ0v) is 9.50. The molecule has 0 aliphatic heterocycles. The van der Waals surface area contributed by atoms with E-state index in [1.165, 1.54) is 0 Å². The van der Waals surface area contributed by atoms with Gasteiger partial charge < -0.3 is 15.4 Å². The van der Waals surface area contributed by atoms with Crippen LogP contribution < -0.4 is 10.6 Å². The van der Waals surface area contributed by atoms with Crippen molar-refractivity contribution < 1.29 is 4.74 Å². The van der Waals surface area contributed by atoms with Crippen molar-refractivity contribution in [1.82, 2.24) is 9.97 Å². The lowest BCUT2D eigenvalue weighted by atomic mass is 10.4. The Bertz CT molecular complexity index is 303. The molecule has 1 heterocycles. The Balaban J connectivity index is 2.49. The summed E-state index contributed by atoms with van der Waals surface area (Å²) in [4.78, 5) is 8.49. The van der Waals surface area contributed by atoms with Crippen LogP contribution in [0.4, 0.5) is 11.8 Å². The van der Waals surface area contributed by atoms with Crippen molar-refractivity contribution in [3.05, 3.63) is 11.8 Å². The van der Waals surface area contributed by atoms with E-state index in [-0.39, 0.29) is 0 Å². The number of rotatable bonds is 6. The summed E-state index contributed by atoms with van der Waals surface area (Å²) in [7, 11) is 3.51. The van der Waals surface area contributed by atoms with Gasteiger partial charge in [-0.2, -0.15) is 4.98 Å². The maximum Gasteiger partial charge on any atom is 0.224 e. The molecule has 0 spiro atoms. The van der Waals surface area contributed by atoms with E-state index in [0.29, 0.717) is 5.95 Å². The minimum Gasteiger partial charge on any atom is -0.385 e. The molecular formula is C10H18N4O. The van der Waals surface area contributed by atoms with E-state index in [0.717, 1.165) is 31.1 Å². The molecule has 5 heteroatoms. The van der Waals surface area contributed by atoms with Gasteiger partial charge in [-0.05, 0) is 13.3 Å². The van der Waals surface area contributed by atoms with Crippen molar-refractivity contribution in [1.29, 1.82) is 0 Å². The van der Waals surface area contributed by atoms with Crippen molar-refractivity contribution in [3.8, 4) is 0 Å². The van der Waals surface area contributed by atoms with E-state index in [1.807, 2.05) is 20.0 Å². The fourth-order valence-electron chi connectivity index (χ4n) is 1.20. The number of methoxy groups -OCH3 is 1. The Kier molecular flexibility index (Phi) is 4.83. The summed E-state index contributed by atoms with van der Waals surface area (Å²) in [5, 5.41) is 6.15. The van der Waals surface area contributed by atoms with Gasteiger partial charge in [0, 0.05) is 39.1 Å². The molecule has 5 nitrogen and oxygen atoms in total. The second-order valence-corrected chi connectivity index (χ2v) is 3.24. The third kappa shape index (κ3) is 4.12. The Morgan fingerprint density at radius 3 is 2.87 bits per heavy atom. The molecule has 0 aromatic carbocycles. The summed E-state index contributed by atoms with van der Waals surface area (Å²) in [5.41, 5.74) is 0.948. The highest BCUT2D eigenvalue weighted by molar-refractivity contribution is 5.41. The number of nitrogens with zero attached hydrogens (tertiary/aromatic N) is 2. The van der Waals surface area contributed by atoms with Gasteiger partial charge in [-0.15, -0.1) is 0 Å². The molecule has 1 aromatic heterocycles. The number of hydrogen-bond acceptors (Lipinski definition) is 5. The van der Waals surface area contributed by atoms with E-state index >= 15 is 0 Å². The smallest absolute Gasteiger partial charge is 0.224 e. The van der Waals surface area contributed by atoms with Crippen molar-refractivity contribution >= 4 is 11.8 Å². The van der Waals surface area contributed by atoms with E-state index in [2.05, 4.69) is 20.6 Å². The second kappa shape index (κ2) is 6.19. The van der Waals surface area contributed by atoms with E-state index in [4.69, 9.17) is 4.74 Å². The zero-order valence-electron chi connectivity index (χ0n) is 9.50. The molecule has 0 amide bonds. The first-order chi connectivity index (χ1) is 7.26. The minimum absolute atomic E-state index is 0.643. The molecule has 0 bridgehead atoms. The number of anilines is 2. The maximum absolute atomic E-state index is 4.96. The average Bonchev–Trinajstić information content (AvgIpc) is 2.23. The molecule has 0 aliphatic rings. The van der Waals surface area contributed by atoms with Gasteiger partial charge in [0.05, 0.1) is 0 Å². The van der Waals surface area contributed by atoms with Crippen LogP contribution in [0.1, 0.15) is 12.1 Å². The fraction of sp³-hybridized carbons (Fsp3) is 0.600. The van der Waals surface area contributed by atoms with E-state index in [9.17, 15) is 0 Å². The average molecular weight is 210 g/mol. The molecule has 0 saturated heterocycles. The first-order valence-electron chi connectivity index (χ1n) is 5.02. The van der Waals surface area contributed by atoms with Crippen LogP contribution in [-0.2, 0) is 4.74 Å². The molecule has 84 valence electrons. The Morgan fingerprint density at radius 2 is 2.20 bits per heavy atom. The molecule has 0 atom stereocenters. The van der Waals surface area contributed by atoms with Gasteiger partial charge in [0.25, 0.3) is 0 Å². The molecule has 0 fully saturated rings. The lowest BCUT2D eigenvalue weighted by Crippen LogP contribution is -2.08. The van der Waals surface area contributed by atoms with E-state index < -0.39 is 0 Å². The highest BCUT2D eigenvalue weighted by atomic mass is 16.5. The van der Waals surface area contributed by atoms with Crippen LogP contribution in [0.5, 0.6) is 0 Å². The van der Waals surface area contributed by atoms with Crippen molar-refractivity contribution in [2.24, 2.45) is 0 Å². The predicted molar refractivity (Wildman–Crippen MR) is 61.3 cm³/mol. The molecule has 0 aliphatic carbocycles. The quantitative estimate of drug-likeness (QED) is 0.692. The molecule has 1 rings (SSSR count). The Morgan fingerprint density at radius 1 is 1.40 bits per heavy atom. The third-order valence-corrected chi connectivity index (χ3v) is 1.91. The molecule has 0 unspecified atom stereocenters. The van der Waals surface area contributed by atoms with Crippen LogP contribution >= 0.6 is 0 Å². The SMILES string of the molecule is CNc1nc(C)cc(NCCCOC)n1. The van der Waals surface area contributed by atoms with Gasteiger partial charge in [0.1, 0.15) is 5.82 Å². The number of ether oxygens (including phenoxy) is 1. The topological polar surface area (TPSA) is 59.1 Å². The van der Waals surface area contributed by atoms with Crippen LogP contribution in [0.3, 0.4) is 0 Å². The van der Waals surface area contributed by atoms with Gasteiger partial charge >= 0.3 is 0 Å². The van der Waals surface area contributed by atoms with Crippen molar-refractivity contribution in [2.75, 3.05) is 37.9 Å². The highest BCUT2D eigenvalue weighted by Crippen LogP contribution is 2.08. The minimum atomic E-state index is 0.643. The normalized spacial score (nSPS) is 10.1. The van der Waals surface area contributed by atoms with Gasteiger partial charge in [0.2, 0.25) is 5.95 Å².